The van der Waals surface area contributed by atoms with Crippen LogP contribution in [0, 0.1) is 12.3 Å². The zero-order valence-corrected chi connectivity index (χ0v) is 25.7. The van der Waals surface area contributed by atoms with Crippen LogP contribution in [0.15, 0.2) is 127 Å². The Morgan fingerprint density at radius 2 is 1.57 bits per heavy atom. The SMILES string of the molecule is C#CCN(C(=O)C(CSC(c1ccccc1)(c1ccccc1)c1ccccc1)=NOCC)c1cn(-c2cccnc2)nc1Cl. The van der Waals surface area contributed by atoms with Crippen LogP contribution in [-0.2, 0) is 14.4 Å². The van der Waals surface area contributed by atoms with Crippen molar-refractivity contribution in [2.75, 3.05) is 23.8 Å². The van der Waals surface area contributed by atoms with Crippen LogP contribution < -0.4 is 4.90 Å². The summed E-state index contributed by atoms with van der Waals surface area (Å²) in [4.78, 5) is 25.3. The maximum Gasteiger partial charge on any atom is 0.277 e. The van der Waals surface area contributed by atoms with E-state index in [0.717, 1.165) is 16.7 Å². The van der Waals surface area contributed by atoms with E-state index in [-0.39, 0.29) is 29.8 Å². The number of hydrogen-bond acceptors (Lipinski definition) is 6. The van der Waals surface area contributed by atoms with Crippen molar-refractivity contribution in [2.24, 2.45) is 5.16 Å². The number of benzene rings is 3. The summed E-state index contributed by atoms with van der Waals surface area (Å²) in [6.07, 6.45) is 10.7. The van der Waals surface area contributed by atoms with E-state index < -0.39 is 10.7 Å². The van der Waals surface area contributed by atoms with E-state index >= 15 is 0 Å². The minimum Gasteiger partial charge on any atom is -0.396 e. The van der Waals surface area contributed by atoms with Crippen molar-refractivity contribution in [1.29, 1.82) is 0 Å². The summed E-state index contributed by atoms with van der Waals surface area (Å²) < 4.78 is 0.887. The number of thioether (sulfide) groups is 1. The summed E-state index contributed by atoms with van der Waals surface area (Å²) >= 11 is 8.16. The third-order valence-corrected chi connectivity index (χ3v) is 8.69. The average Bonchev–Trinajstić information content (AvgIpc) is 3.47. The van der Waals surface area contributed by atoms with Crippen LogP contribution in [0.2, 0.25) is 5.15 Å². The molecule has 220 valence electrons. The molecule has 0 N–H and O–H groups in total. The van der Waals surface area contributed by atoms with Crippen LogP contribution in [0.4, 0.5) is 5.69 Å². The van der Waals surface area contributed by atoms with Crippen LogP contribution in [0.1, 0.15) is 23.6 Å². The third-order valence-electron chi connectivity index (χ3n) is 6.86. The van der Waals surface area contributed by atoms with Gasteiger partial charge in [0, 0.05) is 11.9 Å². The monoisotopic (exact) mass is 619 g/mol. The molecule has 0 aliphatic rings. The van der Waals surface area contributed by atoms with E-state index in [2.05, 4.69) is 57.6 Å². The second-order valence-corrected chi connectivity index (χ2v) is 11.1. The first-order valence-electron chi connectivity index (χ1n) is 14.0. The molecule has 0 aliphatic carbocycles. The number of oxime groups is 1. The van der Waals surface area contributed by atoms with Crippen molar-refractivity contribution in [3.05, 3.63) is 144 Å². The molecule has 9 heteroatoms. The van der Waals surface area contributed by atoms with Crippen LogP contribution in [-0.4, -0.2) is 45.3 Å². The van der Waals surface area contributed by atoms with E-state index in [9.17, 15) is 4.79 Å². The van der Waals surface area contributed by atoms with E-state index in [1.54, 1.807) is 41.1 Å². The van der Waals surface area contributed by atoms with E-state index in [4.69, 9.17) is 22.9 Å². The zero-order chi connectivity index (χ0) is 30.8. The number of nitrogens with zero attached hydrogens (tertiary/aromatic N) is 5. The number of pyridine rings is 1. The Hall–Kier alpha value is -4.84. The number of amides is 1. The molecule has 0 fully saturated rings. The van der Waals surface area contributed by atoms with Gasteiger partial charge in [-0.3, -0.25) is 14.7 Å². The van der Waals surface area contributed by atoms with Crippen molar-refractivity contribution < 1.29 is 9.63 Å². The Kier molecular flexibility index (Phi) is 10.1. The third kappa shape index (κ3) is 6.55. The van der Waals surface area contributed by atoms with Gasteiger partial charge < -0.3 is 4.84 Å². The largest absolute Gasteiger partial charge is 0.396 e. The number of terminal acetylenes is 1. The molecular formula is C35H30ClN5O2S. The molecule has 3 aromatic carbocycles. The van der Waals surface area contributed by atoms with Crippen molar-refractivity contribution in [3.8, 4) is 18.0 Å². The Morgan fingerprint density at radius 1 is 0.977 bits per heavy atom. The maximum atomic E-state index is 14.3. The lowest BCUT2D eigenvalue weighted by atomic mass is 9.84. The second-order valence-electron chi connectivity index (χ2n) is 9.58. The highest BCUT2D eigenvalue weighted by Gasteiger charge is 2.38. The molecule has 5 rings (SSSR count). The van der Waals surface area contributed by atoms with E-state index in [1.807, 2.05) is 67.6 Å². The summed E-state index contributed by atoms with van der Waals surface area (Å²) in [6.45, 7) is 2.06. The van der Waals surface area contributed by atoms with Gasteiger partial charge in [0.1, 0.15) is 12.3 Å². The smallest absolute Gasteiger partial charge is 0.277 e. The summed E-state index contributed by atoms with van der Waals surface area (Å²) in [6, 6.07) is 34.3. The molecule has 5 aromatic rings. The topological polar surface area (TPSA) is 72.6 Å². The highest BCUT2D eigenvalue weighted by atomic mass is 35.5. The second kappa shape index (κ2) is 14.6. The number of aromatic nitrogens is 3. The number of hydrogen-bond donors (Lipinski definition) is 0. The first-order valence-corrected chi connectivity index (χ1v) is 15.3. The molecule has 0 radical (unpaired) electrons. The van der Waals surface area contributed by atoms with Crippen molar-refractivity contribution >= 4 is 40.7 Å². The molecule has 0 saturated heterocycles. The van der Waals surface area contributed by atoms with Crippen molar-refractivity contribution in [3.63, 3.8) is 0 Å². The van der Waals surface area contributed by atoms with Gasteiger partial charge in [-0.05, 0) is 35.7 Å². The van der Waals surface area contributed by atoms with Gasteiger partial charge in [0.25, 0.3) is 5.91 Å². The van der Waals surface area contributed by atoms with Gasteiger partial charge in [-0.25, -0.2) is 4.68 Å². The summed E-state index contributed by atoms with van der Waals surface area (Å²) in [7, 11) is 0. The Balaban J connectivity index is 1.56. The van der Waals surface area contributed by atoms with Crippen LogP contribution in [0.25, 0.3) is 5.69 Å². The van der Waals surface area contributed by atoms with E-state index in [1.165, 1.54) is 4.90 Å². The lowest BCUT2D eigenvalue weighted by molar-refractivity contribution is -0.112. The highest BCUT2D eigenvalue weighted by molar-refractivity contribution is 8.01. The minimum absolute atomic E-state index is 0.0473. The lowest BCUT2D eigenvalue weighted by Crippen LogP contribution is -2.39. The summed E-state index contributed by atoms with van der Waals surface area (Å²) in [5.41, 5.74) is 4.41. The fourth-order valence-corrected chi connectivity index (χ4v) is 6.54. The quantitative estimate of drug-likeness (QED) is 0.0650. The first-order chi connectivity index (χ1) is 21.6. The summed E-state index contributed by atoms with van der Waals surface area (Å²) in [5.74, 6) is 2.35. The summed E-state index contributed by atoms with van der Waals surface area (Å²) in [5, 5.41) is 8.82. The number of carbonyl (C=O) groups is 1. The van der Waals surface area contributed by atoms with Gasteiger partial charge in [-0.15, -0.1) is 18.2 Å². The van der Waals surface area contributed by atoms with Crippen LogP contribution in [0.3, 0.4) is 0 Å². The molecule has 0 spiro atoms. The van der Waals surface area contributed by atoms with Gasteiger partial charge in [0.2, 0.25) is 0 Å². The number of halogens is 1. The maximum absolute atomic E-state index is 14.3. The molecule has 0 atom stereocenters. The number of anilines is 1. The Labute approximate surface area is 266 Å². The van der Waals surface area contributed by atoms with Gasteiger partial charge >= 0.3 is 0 Å². The standard InChI is InChI=1S/C35H30ClN5O2S/c1-3-23-40(32-25-41(38-33(32)36)30-21-14-22-37-24-30)34(42)31(39-43-4-2)26-44-35(27-15-8-5-9-16-27,28-17-10-6-11-18-28)29-19-12-7-13-20-29/h1,5-22,24-25H,4,23,26H2,2H3. The Bertz CT molecular complexity index is 1640. The number of carbonyl (C=O) groups excluding carboxylic acids is 1. The first kappa shape index (κ1) is 30.6. The molecule has 0 aliphatic heterocycles. The molecule has 0 unspecified atom stereocenters. The molecule has 2 heterocycles. The normalized spacial score (nSPS) is 11.5. The lowest BCUT2D eigenvalue weighted by Gasteiger charge is -2.35. The Morgan fingerprint density at radius 3 is 2.07 bits per heavy atom. The molecule has 7 nitrogen and oxygen atoms in total. The molecule has 0 saturated carbocycles. The van der Waals surface area contributed by atoms with Crippen molar-refractivity contribution in [1.82, 2.24) is 14.8 Å². The zero-order valence-electron chi connectivity index (χ0n) is 24.1. The highest BCUT2D eigenvalue weighted by Crippen LogP contribution is 2.48. The van der Waals surface area contributed by atoms with Crippen LogP contribution in [0.5, 0.6) is 0 Å². The fraction of sp³-hybridized carbons (Fsp3) is 0.143. The molecule has 44 heavy (non-hydrogen) atoms. The van der Waals surface area contributed by atoms with Gasteiger partial charge in [-0.2, -0.15) is 5.10 Å². The van der Waals surface area contributed by atoms with Crippen LogP contribution >= 0.6 is 23.4 Å². The van der Waals surface area contributed by atoms with Gasteiger partial charge in [0.15, 0.2) is 10.9 Å². The predicted molar refractivity (Wildman–Crippen MR) is 178 cm³/mol. The van der Waals surface area contributed by atoms with E-state index in [0.29, 0.717) is 11.4 Å². The molecule has 2 aromatic heterocycles. The van der Waals surface area contributed by atoms with Crippen molar-refractivity contribution in [2.45, 2.75) is 11.7 Å². The van der Waals surface area contributed by atoms with Gasteiger partial charge in [-0.1, -0.05) is 114 Å². The molecule has 1 amide bonds. The predicted octanol–water partition coefficient (Wildman–Crippen LogP) is 7.00. The molecular weight excluding hydrogens is 590 g/mol. The molecule has 0 bridgehead atoms. The fourth-order valence-electron chi connectivity index (χ4n) is 4.87. The minimum atomic E-state index is -0.670. The number of rotatable bonds is 12. The van der Waals surface area contributed by atoms with Gasteiger partial charge in [0.05, 0.1) is 29.4 Å². The average molecular weight is 620 g/mol.